The van der Waals surface area contributed by atoms with E-state index in [0.717, 1.165) is 6.54 Å². The summed E-state index contributed by atoms with van der Waals surface area (Å²) in [6, 6.07) is 0. The second kappa shape index (κ2) is 4.82. The fraction of sp³-hybridized carbons (Fsp3) is 0.818. The Balaban J connectivity index is 2.51. The molecule has 0 unspecified atom stereocenters. The van der Waals surface area contributed by atoms with Crippen LogP contribution in [0.4, 0.5) is 0 Å². The zero-order chi connectivity index (χ0) is 12.3. The summed E-state index contributed by atoms with van der Waals surface area (Å²) < 4.78 is 0. The molecule has 2 amide bonds. The quantitative estimate of drug-likeness (QED) is 0.658. The first-order valence-electron chi connectivity index (χ1n) is 5.55. The van der Waals surface area contributed by atoms with Gasteiger partial charge >= 0.3 is 0 Å². The lowest BCUT2D eigenvalue weighted by Gasteiger charge is -2.39. The van der Waals surface area contributed by atoms with Crippen molar-refractivity contribution in [3.05, 3.63) is 0 Å². The lowest BCUT2D eigenvalue weighted by molar-refractivity contribution is -0.140. The molecule has 1 rings (SSSR count). The molecule has 1 aliphatic rings. The predicted molar refractivity (Wildman–Crippen MR) is 62.0 cm³/mol. The lowest BCUT2D eigenvalue weighted by Crippen LogP contribution is -2.58. The zero-order valence-corrected chi connectivity index (χ0v) is 10.5. The molecule has 0 aromatic carbocycles. The van der Waals surface area contributed by atoms with Crippen molar-refractivity contribution >= 4 is 11.8 Å². The zero-order valence-electron chi connectivity index (χ0n) is 10.5. The van der Waals surface area contributed by atoms with Crippen molar-refractivity contribution in [3.63, 3.8) is 0 Å². The highest BCUT2D eigenvalue weighted by atomic mass is 16.2. The summed E-state index contributed by atoms with van der Waals surface area (Å²) in [4.78, 5) is 26.5. The monoisotopic (exact) mass is 227 g/mol. The summed E-state index contributed by atoms with van der Waals surface area (Å²) in [7, 11) is 3.33. The average Bonchev–Trinajstić information content (AvgIpc) is 2.15. The minimum atomic E-state index is -0.138. The van der Waals surface area contributed by atoms with Gasteiger partial charge in [-0.05, 0) is 13.8 Å². The number of nitrogens with zero attached hydrogens (tertiary/aromatic N) is 2. The number of amides is 2. The van der Waals surface area contributed by atoms with Gasteiger partial charge in [-0.1, -0.05) is 0 Å². The normalized spacial score (nSPS) is 19.4. The highest BCUT2D eigenvalue weighted by molar-refractivity contribution is 5.96. The number of nitrogens with one attached hydrogen (secondary N) is 1. The number of piperazine rings is 1. The van der Waals surface area contributed by atoms with E-state index in [1.807, 2.05) is 0 Å². The van der Waals surface area contributed by atoms with Crippen molar-refractivity contribution < 1.29 is 9.59 Å². The summed E-state index contributed by atoms with van der Waals surface area (Å²) in [5.41, 5.74) is -0.0604. The van der Waals surface area contributed by atoms with Crippen molar-refractivity contribution in [2.24, 2.45) is 0 Å². The summed E-state index contributed by atoms with van der Waals surface area (Å²) in [5.74, 6) is -0.213. The molecule has 0 atom stereocenters. The van der Waals surface area contributed by atoms with Crippen molar-refractivity contribution in [1.82, 2.24) is 15.1 Å². The van der Waals surface area contributed by atoms with Gasteiger partial charge < -0.3 is 15.1 Å². The van der Waals surface area contributed by atoms with E-state index in [-0.39, 0.29) is 23.8 Å². The summed E-state index contributed by atoms with van der Waals surface area (Å²) in [6.45, 7) is 6.24. The van der Waals surface area contributed by atoms with Gasteiger partial charge in [0.1, 0.15) is 6.42 Å². The molecule has 16 heavy (non-hydrogen) atoms. The molecule has 0 spiro atoms. The van der Waals surface area contributed by atoms with Gasteiger partial charge in [0.2, 0.25) is 11.8 Å². The van der Waals surface area contributed by atoms with Crippen molar-refractivity contribution in [2.75, 3.05) is 33.7 Å². The minimum Gasteiger partial charge on any atom is -0.348 e. The molecule has 0 saturated carbocycles. The van der Waals surface area contributed by atoms with Crippen molar-refractivity contribution in [2.45, 2.75) is 25.8 Å². The van der Waals surface area contributed by atoms with Crippen molar-refractivity contribution in [1.29, 1.82) is 0 Å². The lowest BCUT2D eigenvalue weighted by atomic mass is 10.0. The van der Waals surface area contributed by atoms with Crippen LogP contribution in [0.15, 0.2) is 0 Å². The van der Waals surface area contributed by atoms with Gasteiger partial charge in [-0.3, -0.25) is 9.59 Å². The Kier molecular flexibility index (Phi) is 3.91. The molecule has 1 saturated heterocycles. The third-order valence-corrected chi connectivity index (χ3v) is 2.73. The summed E-state index contributed by atoms with van der Waals surface area (Å²) >= 11 is 0. The largest absolute Gasteiger partial charge is 0.348 e. The molecule has 5 heteroatoms. The van der Waals surface area contributed by atoms with Gasteiger partial charge in [0, 0.05) is 39.3 Å². The van der Waals surface area contributed by atoms with E-state index in [1.54, 1.807) is 19.0 Å². The maximum atomic E-state index is 11.9. The molecule has 1 N–H and O–H groups in total. The third-order valence-electron chi connectivity index (χ3n) is 2.73. The van der Waals surface area contributed by atoms with Crippen molar-refractivity contribution in [3.8, 4) is 0 Å². The molecule has 1 fully saturated rings. The number of hydrogen-bond donors (Lipinski definition) is 1. The van der Waals surface area contributed by atoms with Crippen LogP contribution in [0.5, 0.6) is 0 Å². The van der Waals surface area contributed by atoms with Gasteiger partial charge in [-0.2, -0.15) is 0 Å². The van der Waals surface area contributed by atoms with Gasteiger partial charge in [0.15, 0.2) is 0 Å². The van der Waals surface area contributed by atoms with Crippen LogP contribution >= 0.6 is 0 Å². The van der Waals surface area contributed by atoms with Crippen LogP contribution < -0.4 is 5.32 Å². The Hall–Kier alpha value is -1.10. The van der Waals surface area contributed by atoms with Crippen LogP contribution in [-0.2, 0) is 9.59 Å². The third kappa shape index (κ3) is 3.48. The Morgan fingerprint density at radius 2 is 2.00 bits per heavy atom. The molecule has 0 bridgehead atoms. The Labute approximate surface area is 96.8 Å². The highest BCUT2D eigenvalue weighted by Gasteiger charge is 2.29. The Bertz CT molecular complexity index is 287. The minimum absolute atomic E-state index is 0.0247. The van der Waals surface area contributed by atoms with Crippen LogP contribution in [-0.4, -0.2) is 60.9 Å². The predicted octanol–water partition coefficient (Wildman–Crippen LogP) is -0.325. The van der Waals surface area contributed by atoms with Crippen LogP contribution in [0.2, 0.25) is 0 Å². The number of hydrogen-bond acceptors (Lipinski definition) is 3. The first-order valence-corrected chi connectivity index (χ1v) is 5.55. The molecule has 0 aliphatic carbocycles. The van der Waals surface area contributed by atoms with Gasteiger partial charge in [-0.25, -0.2) is 0 Å². The van der Waals surface area contributed by atoms with Gasteiger partial charge in [0.05, 0.1) is 0 Å². The number of carbonyl (C=O) groups excluding carboxylic acids is 2. The van der Waals surface area contributed by atoms with E-state index in [1.165, 1.54) is 4.90 Å². The van der Waals surface area contributed by atoms with Crippen LogP contribution in [0.25, 0.3) is 0 Å². The van der Waals surface area contributed by atoms with Gasteiger partial charge in [-0.15, -0.1) is 0 Å². The molecule has 1 heterocycles. The summed E-state index contributed by atoms with van der Waals surface area (Å²) in [5, 5.41) is 3.33. The first kappa shape index (κ1) is 13.0. The highest BCUT2D eigenvalue weighted by Crippen LogP contribution is 2.11. The van der Waals surface area contributed by atoms with Crippen LogP contribution in [0, 0.1) is 0 Å². The topological polar surface area (TPSA) is 52.7 Å². The Morgan fingerprint density at radius 1 is 1.38 bits per heavy atom. The van der Waals surface area contributed by atoms with E-state index in [9.17, 15) is 9.59 Å². The average molecular weight is 227 g/mol. The number of carbonyl (C=O) groups is 2. The SMILES string of the molecule is CN(C)C(=O)CC(=O)N1CCNC(C)(C)C1. The second-order valence-electron chi connectivity index (χ2n) is 5.09. The van der Waals surface area contributed by atoms with Gasteiger partial charge in [0.25, 0.3) is 0 Å². The molecular formula is C11H21N3O2. The molecule has 0 radical (unpaired) electrons. The summed E-state index contributed by atoms with van der Waals surface area (Å²) in [6.07, 6.45) is -0.0247. The molecular weight excluding hydrogens is 206 g/mol. The maximum absolute atomic E-state index is 11.9. The smallest absolute Gasteiger partial charge is 0.232 e. The Morgan fingerprint density at radius 3 is 2.50 bits per heavy atom. The number of rotatable bonds is 2. The van der Waals surface area contributed by atoms with E-state index >= 15 is 0 Å². The van der Waals surface area contributed by atoms with E-state index < -0.39 is 0 Å². The molecule has 92 valence electrons. The van der Waals surface area contributed by atoms with E-state index in [2.05, 4.69) is 19.2 Å². The first-order chi connectivity index (χ1) is 7.32. The standard InChI is InChI=1S/C11H21N3O2/c1-11(2)8-14(6-5-12-11)10(16)7-9(15)13(3)4/h12H,5-8H2,1-4H3. The molecule has 1 aliphatic heterocycles. The molecule has 0 aromatic rings. The van der Waals surface area contributed by atoms with Crippen LogP contribution in [0.1, 0.15) is 20.3 Å². The fourth-order valence-corrected chi connectivity index (χ4v) is 1.75. The molecule has 5 nitrogen and oxygen atoms in total. The fourth-order valence-electron chi connectivity index (χ4n) is 1.75. The maximum Gasteiger partial charge on any atom is 0.232 e. The van der Waals surface area contributed by atoms with E-state index in [4.69, 9.17) is 0 Å². The molecule has 0 aromatic heterocycles. The van der Waals surface area contributed by atoms with Crippen LogP contribution in [0.3, 0.4) is 0 Å². The van der Waals surface area contributed by atoms with E-state index in [0.29, 0.717) is 13.1 Å². The second-order valence-corrected chi connectivity index (χ2v) is 5.09.